The molecule has 2 aromatic carbocycles. The van der Waals surface area contributed by atoms with E-state index in [2.05, 4.69) is 36.7 Å². The number of hydrogen-bond donors (Lipinski definition) is 2. The normalized spacial score (nSPS) is 14.5. The number of rotatable bonds is 4. The van der Waals surface area contributed by atoms with Gasteiger partial charge in [-0.05, 0) is 25.0 Å². The predicted molar refractivity (Wildman–Crippen MR) is 120 cm³/mol. The molecular formula is C23H23N7O. The Morgan fingerprint density at radius 2 is 1.68 bits per heavy atom. The van der Waals surface area contributed by atoms with Gasteiger partial charge < -0.3 is 15.5 Å². The van der Waals surface area contributed by atoms with Gasteiger partial charge in [0.2, 0.25) is 0 Å². The average molecular weight is 413 g/mol. The Morgan fingerprint density at radius 3 is 2.42 bits per heavy atom. The van der Waals surface area contributed by atoms with Crippen molar-refractivity contribution >= 4 is 23.3 Å². The van der Waals surface area contributed by atoms with Gasteiger partial charge in [-0.3, -0.25) is 0 Å². The molecule has 1 saturated heterocycles. The molecule has 0 spiro atoms. The van der Waals surface area contributed by atoms with E-state index >= 15 is 0 Å². The van der Waals surface area contributed by atoms with Crippen LogP contribution in [0.5, 0.6) is 0 Å². The van der Waals surface area contributed by atoms with Crippen LogP contribution in [0.3, 0.4) is 0 Å². The Bertz CT molecular complexity index is 1170. The van der Waals surface area contributed by atoms with E-state index in [0.29, 0.717) is 5.78 Å². The van der Waals surface area contributed by atoms with Crippen LogP contribution in [0.1, 0.15) is 12.8 Å². The second kappa shape index (κ2) is 8.43. The van der Waals surface area contributed by atoms with Crippen molar-refractivity contribution in [1.29, 1.82) is 0 Å². The molecule has 0 saturated carbocycles. The van der Waals surface area contributed by atoms with Gasteiger partial charge in [0.05, 0.1) is 5.69 Å². The van der Waals surface area contributed by atoms with Gasteiger partial charge in [-0.1, -0.05) is 48.5 Å². The highest BCUT2D eigenvalue weighted by molar-refractivity contribution is 5.89. The van der Waals surface area contributed by atoms with E-state index in [0.717, 1.165) is 48.7 Å². The Labute approximate surface area is 179 Å². The molecule has 1 aliphatic heterocycles. The molecule has 0 unspecified atom stereocenters. The Morgan fingerprint density at radius 1 is 0.968 bits per heavy atom. The molecule has 3 heterocycles. The van der Waals surface area contributed by atoms with Crippen LogP contribution < -0.4 is 15.5 Å². The van der Waals surface area contributed by atoms with Crippen molar-refractivity contribution in [1.82, 2.24) is 24.9 Å². The van der Waals surface area contributed by atoms with Crippen LogP contribution in [-0.4, -0.2) is 44.7 Å². The summed E-state index contributed by atoms with van der Waals surface area (Å²) in [5.41, 5.74) is 2.71. The van der Waals surface area contributed by atoms with Crippen LogP contribution in [0.2, 0.25) is 0 Å². The van der Waals surface area contributed by atoms with Crippen molar-refractivity contribution in [3.05, 3.63) is 73.1 Å². The molecule has 0 bridgehead atoms. The molecular weight excluding hydrogens is 390 g/mol. The fraction of sp³-hybridized carbons (Fsp3) is 0.217. The van der Waals surface area contributed by atoms with E-state index in [1.807, 2.05) is 60.7 Å². The van der Waals surface area contributed by atoms with Gasteiger partial charge in [0.1, 0.15) is 12.1 Å². The molecule has 2 N–H and O–H groups in total. The lowest BCUT2D eigenvalue weighted by molar-refractivity contribution is 0.246. The second-order valence-electron chi connectivity index (χ2n) is 7.56. The predicted octanol–water partition coefficient (Wildman–Crippen LogP) is 3.58. The maximum Gasteiger partial charge on any atom is 0.319 e. The number of fused-ring (bicyclic) bond motifs is 1. The van der Waals surface area contributed by atoms with Crippen molar-refractivity contribution < 1.29 is 4.79 Å². The van der Waals surface area contributed by atoms with Crippen LogP contribution in [0.4, 0.5) is 16.3 Å². The summed E-state index contributed by atoms with van der Waals surface area (Å²) < 4.78 is 1.78. The summed E-state index contributed by atoms with van der Waals surface area (Å²) in [4.78, 5) is 23.5. The van der Waals surface area contributed by atoms with E-state index in [1.165, 1.54) is 6.33 Å². The molecule has 31 heavy (non-hydrogen) atoms. The minimum absolute atomic E-state index is 0.127. The van der Waals surface area contributed by atoms with Crippen molar-refractivity contribution in [2.75, 3.05) is 23.3 Å². The zero-order valence-electron chi connectivity index (χ0n) is 17.0. The van der Waals surface area contributed by atoms with Crippen molar-refractivity contribution in [2.45, 2.75) is 18.9 Å². The first-order chi connectivity index (χ1) is 15.3. The van der Waals surface area contributed by atoms with Crippen LogP contribution in [-0.2, 0) is 0 Å². The van der Waals surface area contributed by atoms with E-state index < -0.39 is 0 Å². The van der Waals surface area contributed by atoms with Crippen LogP contribution in [0.15, 0.2) is 73.1 Å². The summed E-state index contributed by atoms with van der Waals surface area (Å²) in [5.74, 6) is 1.55. The highest BCUT2D eigenvalue weighted by atomic mass is 16.2. The molecule has 156 valence electrons. The summed E-state index contributed by atoms with van der Waals surface area (Å²) in [5, 5.41) is 10.3. The maximum atomic E-state index is 12.3. The number of para-hydroxylation sites is 1. The molecule has 0 radical (unpaired) electrons. The van der Waals surface area contributed by atoms with E-state index in [4.69, 9.17) is 0 Å². The summed E-state index contributed by atoms with van der Waals surface area (Å²) in [6, 6.07) is 21.6. The first-order valence-corrected chi connectivity index (χ1v) is 10.4. The largest absolute Gasteiger partial charge is 0.356 e. The molecule has 2 amide bonds. The quantitative estimate of drug-likeness (QED) is 0.534. The van der Waals surface area contributed by atoms with Gasteiger partial charge >= 0.3 is 6.03 Å². The number of hydrogen-bond acceptors (Lipinski definition) is 5. The van der Waals surface area contributed by atoms with Crippen LogP contribution >= 0.6 is 0 Å². The molecule has 5 rings (SSSR count). The summed E-state index contributed by atoms with van der Waals surface area (Å²) in [6.45, 7) is 1.62. The number of nitrogens with one attached hydrogen (secondary N) is 2. The number of nitrogens with zero attached hydrogens (tertiary/aromatic N) is 5. The SMILES string of the molecule is O=C(Nc1ccccc1)NC1CCN(c2cc(-c3ccccc3)nc3ncnn23)CC1. The molecule has 1 fully saturated rings. The minimum Gasteiger partial charge on any atom is -0.356 e. The number of urea groups is 1. The third-order valence-electron chi connectivity index (χ3n) is 5.49. The van der Waals surface area contributed by atoms with Crippen molar-refractivity contribution in [3.63, 3.8) is 0 Å². The lowest BCUT2D eigenvalue weighted by Crippen LogP contribution is -2.46. The highest BCUT2D eigenvalue weighted by Gasteiger charge is 2.23. The molecule has 0 aliphatic carbocycles. The standard InChI is InChI=1S/C23H23N7O/c31-23(26-18-9-5-2-6-10-18)27-19-11-13-29(14-12-19)21-15-20(17-7-3-1-4-8-17)28-22-24-16-25-30(21)22/h1-10,15-16,19H,11-14H2,(H2,26,27,31). The lowest BCUT2D eigenvalue weighted by Gasteiger charge is -2.33. The van der Waals surface area contributed by atoms with E-state index in [9.17, 15) is 4.79 Å². The topological polar surface area (TPSA) is 87.5 Å². The molecule has 8 nitrogen and oxygen atoms in total. The minimum atomic E-state index is -0.168. The second-order valence-corrected chi connectivity index (χ2v) is 7.56. The van der Waals surface area contributed by atoms with Gasteiger partial charge in [-0.15, -0.1) is 0 Å². The first-order valence-electron chi connectivity index (χ1n) is 10.4. The number of aromatic nitrogens is 4. The molecule has 2 aromatic heterocycles. The van der Waals surface area contributed by atoms with Crippen LogP contribution in [0.25, 0.3) is 17.0 Å². The van der Waals surface area contributed by atoms with E-state index in [-0.39, 0.29) is 12.1 Å². The van der Waals surface area contributed by atoms with Gasteiger partial charge in [-0.2, -0.15) is 14.6 Å². The third kappa shape index (κ3) is 4.18. The maximum absolute atomic E-state index is 12.3. The van der Waals surface area contributed by atoms with Crippen LogP contribution in [0, 0.1) is 0 Å². The summed E-state index contributed by atoms with van der Waals surface area (Å²) in [7, 11) is 0. The average Bonchev–Trinajstić information content (AvgIpc) is 3.29. The van der Waals surface area contributed by atoms with Crippen molar-refractivity contribution in [2.24, 2.45) is 0 Å². The fourth-order valence-electron chi connectivity index (χ4n) is 3.91. The third-order valence-corrected chi connectivity index (χ3v) is 5.49. The molecule has 0 atom stereocenters. The number of carbonyl (C=O) groups is 1. The molecule has 4 aromatic rings. The Balaban J connectivity index is 1.28. The number of anilines is 2. The van der Waals surface area contributed by atoms with Crippen molar-refractivity contribution in [3.8, 4) is 11.3 Å². The number of piperidine rings is 1. The Kier molecular flexibility index (Phi) is 5.18. The molecule has 1 aliphatic rings. The lowest BCUT2D eigenvalue weighted by atomic mass is 10.0. The monoisotopic (exact) mass is 413 g/mol. The highest BCUT2D eigenvalue weighted by Crippen LogP contribution is 2.26. The molecule has 8 heteroatoms. The number of amides is 2. The van der Waals surface area contributed by atoms with E-state index in [1.54, 1.807) is 4.52 Å². The van der Waals surface area contributed by atoms with Gasteiger partial charge in [0.25, 0.3) is 5.78 Å². The smallest absolute Gasteiger partial charge is 0.319 e. The number of benzene rings is 2. The Hall–Kier alpha value is -3.94. The first kappa shape index (κ1) is 19.0. The fourth-order valence-corrected chi connectivity index (χ4v) is 3.91. The number of carbonyl (C=O) groups excluding carboxylic acids is 1. The summed E-state index contributed by atoms with van der Waals surface area (Å²) >= 11 is 0. The van der Waals surface area contributed by atoms with Gasteiger partial charge in [-0.25, -0.2) is 9.78 Å². The zero-order chi connectivity index (χ0) is 21.0. The zero-order valence-corrected chi connectivity index (χ0v) is 17.0. The van der Waals surface area contributed by atoms with Gasteiger partial charge in [0, 0.05) is 36.4 Å². The van der Waals surface area contributed by atoms with Gasteiger partial charge in [0.15, 0.2) is 0 Å². The summed E-state index contributed by atoms with van der Waals surface area (Å²) in [6.07, 6.45) is 3.23.